The van der Waals surface area contributed by atoms with E-state index in [4.69, 9.17) is 11.6 Å². The predicted molar refractivity (Wildman–Crippen MR) is 110 cm³/mol. The number of thiophene rings is 1. The number of unbranched alkanes of at least 4 members (excludes halogenated alkanes) is 2. The average molecular weight is 393 g/mol. The van der Waals surface area contributed by atoms with Crippen LogP contribution in [0.15, 0.2) is 30.3 Å². The maximum absolute atomic E-state index is 12.5. The van der Waals surface area contributed by atoms with Gasteiger partial charge in [-0.15, -0.1) is 11.3 Å². The molecule has 6 heteroatoms. The van der Waals surface area contributed by atoms with Crippen LogP contribution in [0.25, 0.3) is 0 Å². The van der Waals surface area contributed by atoms with Gasteiger partial charge in [0.05, 0.1) is 20.5 Å². The highest BCUT2D eigenvalue weighted by molar-refractivity contribution is 7.18. The summed E-state index contributed by atoms with van der Waals surface area (Å²) in [7, 11) is 0. The summed E-state index contributed by atoms with van der Waals surface area (Å²) in [4.78, 5) is 25.5. The summed E-state index contributed by atoms with van der Waals surface area (Å²) in [5.74, 6) is -0.369. The fraction of sp³-hybridized carbons (Fsp3) is 0.400. The molecule has 0 bridgehead atoms. The van der Waals surface area contributed by atoms with Crippen LogP contribution >= 0.6 is 22.9 Å². The van der Waals surface area contributed by atoms with Crippen molar-refractivity contribution in [1.29, 1.82) is 0 Å². The second kappa shape index (κ2) is 9.74. The van der Waals surface area contributed by atoms with Gasteiger partial charge in [0.2, 0.25) is 0 Å². The third-order valence-electron chi connectivity index (χ3n) is 4.10. The highest BCUT2D eigenvalue weighted by atomic mass is 35.5. The van der Waals surface area contributed by atoms with E-state index in [2.05, 4.69) is 17.6 Å². The number of aryl methyl sites for hydroxylation is 1. The monoisotopic (exact) mass is 392 g/mol. The number of hydrogen-bond acceptors (Lipinski definition) is 3. The van der Waals surface area contributed by atoms with Crippen LogP contribution in [0.5, 0.6) is 0 Å². The minimum Gasteiger partial charge on any atom is -0.349 e. The van der Waals surface area contributed by atoms with Crippen LogP contribution in [0.1, 0.15) is 65.1 Å². The average Bonchev–Trinajstić information content (AvgIpc) is 2.95. The van der Waals surface area contributed by atoms with Crippen LogP contribution in [-0.2, 0) is 0 Å². The van der Waals surface area contributed by atoms with E-state index in [1.165, 1.54) is 24.2 Å². The highest BCUT2D eigenvalue weighted by Crippen LogP contribution is 2.28. The molecule has 0 aliphatic carbocycles. The fourth-order valence-electron chi connectivity index (χ4n) is 2.66. The second-order valence-corrected chi connectivity index (χ2v) is 7.89. The lowest BCUT2D eigenvalue weighted by molar-refractivity contribution is 0.0940. The Morgan fingerprint density at radius 1 is 1.19 bits per heavy atom. The molecular formula is C20H25ClN2O2S. The molecule has 1 aromatic heterocycles. The molecule has 2 N–H and O–H groups in total. The van der Waals surface area contributed by atoms with Crippen LogP contribution in [-0.4, -0.2) is 17.9 Å². The molecule has 2 amide bonds. The standard InChI is InChI=1S/C20H25ClN2O2S/c1-4-5-6-9-14(3)22-20(25)18-13(2)12-17(26-18)23-19(24)15-10-7-8-11-16(15)21/h7-8,10-12,14H,4-6,9H2,1-3H3,(H,22,25)(H,23,24). The molecular weight excluding hydrogens is 368 g/mol. The van der Waals surface area contributed by atoms with Crippen molar-refractivity contribution in [3.8, 4) is 0 Å². The van der Waals surface area contributed by atoms with Gasteiger partial charge in [-0.05, 0) is 44.0 Å². The van der Waals surface area contributed by atoms with E-state index in [1.54, 1.807) is 24.3 Å². The number of hydrogen-bond donors (Lipinski definition) is 2. The van der Waals surface area contributed by atoms with Gasteiger partial charge in [-0.3, -0.25) is 9.59 Å². The number of carbonyl (C=O) groups excluding carboxylic acids is 2. The molecule has 0 aliphatic heterocycles. The first-order valence-electron chi connectivity index (χ1n) is 8.89. The highest BCUT2D eigenvalue weighted by Gasteiger charge is 2.17. The third kappa shape index (κ3) is 5.58. The van der Waals surface area contributed by atoms with Crippen LogP contribution in [0.4, 0.5) is 5.00 Å². The molecule has 1 atom stereocenters. The lowest BCUT2D eigenvalue weighted by Crippen LogP contribution is -2.32. The van der Waals surface area contributed by atoms with Crippen LogP contribution in [0.3, 0.4) is 0 Å². The minimum atomic E-state index is -0.281. The lowest BCUT2D eigenvalue weighted by atomic mass is 10.1. The quantitative estimate of drug-likeness (QED) is 0.569. The topological polar surface area (TPSA) is 58.2 Å². The summed E-state index contributed by atoms with van der Waals surface area (Å²) < 4.78 is 0. The maximum atomic E-state index is 12.5. The zero-order valence-electron chi connectivity index (χ0n) is 15.4. The lowest BCUT2D eigenvalue weighted by Gasteiger charge is -2.13. The molecule has 1 unspecified atom stereocenters. The van der Waals surface area contributed by atoms with E-state index in [9.17, 15) is 9.59 Å². The van der Waals surface area contributed by atoms with Crippen molar-refractivity contribution in [2.75, 3.05) is 5.32 Å². The second-order valence-electron chi connectivity index (χ2n) is 6.43. The molecule has 0 aliphatic rings. The summed E-state index contributed by atoms with van der Waals surface area (Å²) in [5, 5.41) is 6.90. The summed E-state index contributed by atoms with van der Waals surface area (Å²) >= 11 is 7.34. The Kier molecular flexibility index (Phi) is 7.66. The molecule has 0 saturated carbocycles. The van der Waals surface area contributed by atoms with E-state index in [0.29, 0.717) is 20.5 Å². The maximum Gasteiger partial charge on any atom is 0.261 e. The van der Waals surface area contributed by atoms with Gasteiger partial charge in [-0.2, -0.15) is 0 Å². The normalized spacial score (nSPS) is 11.8. The van der Waals surface area contributed by atoms with Gasteiger partial charge in [0, 0.05) is 6.04 Å². The van der Waals surface area contributed by atoms with Crippen LogP contribution in [0.2, 0.25) is 5.02 Å². The molecule has 140 valence electrons. The van der Waals surface area contributed by atoms with Crippen molar-refractivity contribution < 1.29 is 9.59 Å². The van der Waals surface area contributed by atoms with E-state index in [0.717, 1.165) is 18.4 Å². The van der Waals surface area contributed by atoms with E-state index in [-0.39, 0.29) is 17.9 Å². The first-order chi connectivity index (χ1) is 12.4. The SMILES string of the molecule is CCCCCC(C)NC(=O)c1sc(NC(=O)c2ccccc2Cl)cc1C. The number of nitrogens with one attached hydrogen (secondary N) is 2. The van der Waals surface area contributed by atoms with Gasteiger partial charge in [-0.25, -0.2) is 0 Å². The molecule has 0 fully saturated rings. The molecule has 2 rings (SSSR count). The Morgan fingerprint density at radius 2 is 1.92 bits per heavy atom. The Hall–Kier alpha value is -1.85. The molecule has 0 radical (unpaired) electrons. The number of benzene rings is 1. The summed E-state index contributed by atoms with van der Waals surface area (Å²) in [6.07, 6.45) is 4.43. The van der Waals surface area contributed by atoms with Crippen molar-refractivity contribution in [3.05, 3.63) is 51.4 Å². The smallest absolute Gasteiger partial charge is 0.261 e. The van der Waals surface area contributed by atoms with Crippen LogP contribution in [0, 0.1) is 6.92 Å². The van der Waals surface area contributed by atoms with Crippen molar-refractivity contribution in [2.24, 2.45) is 0 Å². The van der Waals surface area contributed by atoms with Gasteiger partial charge >= 0.3 is 0 Å². The Labute approximate surface area is 164 Å². The van der Waals surface area contributed by atoms with Gasteiger partial charge in [0.1, 0.15) is 0 Å². The predicted octanol–water partition coefficient (Wildman–Crippen LogP) is 5.66. The minimum absolute atomic E-state index is 0.0882. The molecule has 0 saturated heterocycles. The molecule has 26 heavy (non-hydrogen) atoms. The number of anilines is 1. The Morgan fingerprint density at radius 3 is 2.62 bits per heavy atom. The largest absolute Gasteiger partial charge is 0.349 e. The van der Waals surface area contributed by atoms with E-state index < -0.39 is 0 Å². The van der Waals surface area contributed by atoms with E-state index in [1.807, 2.05) is 19.9 Å². The Balaban J connectivity index is 2.01. The first kappa shape index (κ1) is 20.5. The summed E-state index contributed by atoms with van der Waals surface area (Å²) in [5.41, 5.74) is 1.26. The third-order valence-corrected chi connectivity index (χ3v) is 5.58. The Bertz CT molecular complexity index is 773. The van der Waals surface area contributed by atoms with Crippen molar-refractivity contribution in [2.45, 2.75) is 52.5 Å². The van der Waals surface area contributed by atoms with Crippen molar-refractivity contribution in [1.82, 2.24) is 5.32 Å². The summed E-state index contributed by atoms with van der Waals surface area (Å²) in [6.45, 7) is 6.06. The molecule has 0 spiro atoms. The van der Waals surface area contributed by atoms with Gasteiger partial charge in [0.25, 0.3) is 11.8 Å². The number of carbonyl (C=O) groups is 2. The molecule has 1 aromatic carbocycles. The molecule has 4 nitrogen and oxygen atoms in total. The van der Waals surface area contributed by atoms with Crippen molar-refractivity contribution in [3.63, 3.8) is 0 Å². The van der Waals surface area contributed by atoms with Gasteiger partial charge < -0.3 is 10.6 Å². The zero-order chi connectivity index (χ0) is 19.1. The molecule has 1 heterocycles. The first-order valence-corrected chi connectivity index (χ1v) is 10.1. The van der Waals surface area contributed by atoms with Gasteiger partial charge in [0.15, 0.2) is 0 Å². The fourth-order valence-corrected chi connectivity index (χ4v) is 3.85. The van der Waals surface area contributed by atoms with Crippen LogP contribution < -0.4 is 10.6 Å². The number of rotatable bonds is 8. The van der Waals surface area contributed by atoms with Crippen molar-refractivity contribution >= 4 is 39.8 Å². The van der Waals surface area contributed by atoms with Gasteiger partial charge in [-0.1, -0.05) is 49.9 Å². The zero-order valence-corrected chi connectivity index (χ0v) is 17.0. The number of halogens is 1. The summed E-state index contributed by atoms with van der Waals surface area (Å²) in [6, 6.07) is 8.84. The van der Waals surface area contributed by atoms with E-state index >= 15 is 0 Å². The number of amides is 2. The molecule has 2 aromatic rings.